The van der Waals surface area contributed by atoms with Crippen LogP contribution >= 0.6 is 23.2 Å². The lowest BCUT2D eigenvalue weighted by atomic mass is 9.98. The van der Waals surface area contributed by atoms with Gasteiger partial charge in [0.25, 0.3) is 5.78 Å². The van der Waals surface area contributed by atoms with Crippen LogP contribution in [-0.2, 0) is 0 Å². The zero-order chi connectivity index (χ0) is 17.6. The smallest absolute Gasteiger partial charge is 0.276 e. The van der Waals surface area contributed by atoms with E-state index in [9.17, 15) is 4.39 Å². The first-order valence-corrected chi connectivity index (χ1v) is 8.78. The average Bonchev–Trinajstić information content (AvgIpc) is 3.03. The number of tetrazole rings is 1. The molecule has 0 atom stereocenters. The molecule has 0 amide bonds. The lowest BCUT2D eigenvalue weighted by Gasteiger charge is -2.33. The molecule has 25 heavy (non-hydrogen) atoms. The van der Waals surface area contributed by atoms with Gasteiger partial charge in [0.2, 0.25) is 0 Å². The molecule has 9 heteroatoms. The number of fused-ring (bicyclic) bond motifs is 1. The summed E-state index contributed by atoms with van der Waals surface area (Å²) in [5, 5.41) is 12.0. The van der Waals surface area contributed by atoms with Gasteiger partial charge in [0.05, 0.1) is 10.6 Å². The molecule has 6 nitrogen and oxygen atoms in total. The van der Waals surface area contributed by atoms with Gasteiger partial charge in [-0.15, -0.1) is 0 Å². The van der Waals surface area contributed by atoms with Gasteiger partial charge in [-0.25, -0.2) is 4.39 Å². The molecule has 3 heterocycles. The van der Waals surface area contributed by atoms with Gasteiger partial charge in [-0.1, -0.05) is 41.3 Å². The highest BCUT2D eigenvalue weighted by Crippen LogP contribution is 2.41. The van der Waals surface area contributed by atoms with Gasteiger partial charge in [-0.2, -0.15) is 9.50 Å². The molecule has 0 saturated carbocycles. The summed E-state index contributed by atoms with van der Waals surface area (Å²) in [4.78, 5) is 6.33. The summed E-state index contributed by atoms with van der Waals surface area (Å²) in [5.41, 5.74) is 0.631. The molecular weight excluding hydrogens is 366 g/mol. The molecule has 0 aliphatic carbocycles. The van der Waals surface area contributed by atoms with Crippen molar-refractivity contribution in [1.82, 2.24) is 25.0 Å². The van der Waals surface area contributed by atoms with Crippen molar-refractivity contribution in [2.75, 3.05) is 18.0 Å². The molecule has 0 N–H and O–H groups in total. The molecule has 130 valence electrons. The van der Waals surface area contributed by atoms with Gasteiger partial charge < -0.3 is 4.90 Å². The number of hydrogen-bond donors (Lipinski definition) is 0. The van der Waals surface area contributed by atoms with Gasteiger partial charge in [0.15, 0.2) is 0 Å². The molecule has 2 aromatic heterocycles. The van der Waals surface area contributed by atoms with Crippen molar-refractivity contribution in [3.8, 4) is 11.1 Å². The van der Waals surface area contributed by atoms with Crippen molar-refractivity contribution in [3.63, 3.8) is 0 Å². The average molecular weight is 381 g/mol. The van der Waals surface area contributed by atoms with Crippen molar-refractivity contribution in [2.45, 2.75) is 19.8 Å². The van der Waals surface area contributed by atoms with Gasteiger partial charge >= 0.3 is 0 Å². The molecule has 3 aromatic rings. The normalized spacial score (nSPS) is 15.9. The number of benzene rings is 1. The summed E-state index contributed by atoms with van der Waals surface area (Å²) < 4.78 is 16.1. The fourth-order valence-corrected chi connectivity index (χ4v) is 3.71. The fourth-order valence-electron chi connectivity index (χ4n) is 3.20. The first-order valence-electron chi connectivity index (χ1n) is 8.03. The maximum Gasteiger partial charge on any atom is 0.276 e. The molecule has 1 aliphatic heterocycles. The van der Waals surface area contributed by atoms with Crippen LogP contribution in [0.3, 0.4) is 0 Å². The molecule has 4 rings (SSSR count). The molecule has 1 fully saturated rings. The Kier molecular flexibility index (Phi) is 4.21. The Morgan fingerprint density at radius 3 is 2.64 bits per heavy atom. The quantitative estimate of drug-likeness (QED) is 0.631. The van der Waals surface area contributed by atoms with E-state index in [1.54, 1.807) is 12.1 Å². The Morgan fingerprint density at radius 2 is 1.92 bits per heavy atom. The van der Waals surface area contributed by atoms with Gasteiger partial charge in [0.1, 0.15) is 16.8 Å². The first-order chi connectivity index (χ1) is 12.1. The van der Waals surface area contributed by atoms with Gasteiger partial charge in [0, 0.05) is 18.7 Å². The minimum atomic E-state index is -0.463. The number of aromatic nitrogens is 5. The van der Waals surface area contributed by atoms with Gasteiger partial charge in [-0.05, 0) is 41.3 Å². The lowest BCUT2D eigenvalue weighted by molar-refractivity contribution is 0.435. The van der Waals surface area contributed by atoms with E-state index in [4.69, 9.17) is 23.2 Å². The highest BCUT2D eigenvalue weighted by Gasteiger charge is 2.28. The first kappa shape index (κ1) is 16.5. The summed E-state index contributed by atoms with van der Waals surface area (Å²) in [6.45, 7) is 3.82. The second kappa shape index (κ2) is 6.38. The zero-order valence-electron chi connectivity index (χ0n) is 13.5. The number of anilines is 1. The van der Waals surface area contributed by atoms with Crippen molar-refractivity contribution < 1.29 is 4.39 Å². The highest BCUT2D eigenvalue weighted by atomic mass is 35.5. The summed E-state index contributed by atoms with van der Waals surface area (Å²) in [7, 11) is 0. The second-order valence-electron chi connectivity index (χ2n) is 6.26. The van der Waals surface area contributed by atoms with E-state index in [1.807, 2.05) is 0 Å². The summed E-state index contributed by atoms with van der Waals surface area (Å²) in [6, 6.07) is 4.53. The van der Waals surface area contributed by atoms with E-state index in [0.717, 1.165) is 25.9 Å². The van der Waals surface area contributed by atoms with Crippen LogP contribution in [0.2, 0.25) is 10.2 Å². The van der Waals surface area contributed by atoms with Crippen LogP contribution in [0.1, 0.15) is 19.8 Å². The third kappa shape index (κ3) is 2.81. The van der Waals surface area contributed by atoms with E-state index in [1.165, 1.54) is 10.6 Å². The van der Waals surface area contributed by atoms with Crippen LogP contribution in [0.15, 0.2) is 18.2 Å². The van der Waals surface area contributed by atoms with Gasteiger partial charge in [-0.3, -0.25) is 0 Å². The van der Waals surface area contributed by atoms with Crippen LogP contribution < -0.4 is 4.90 Å². The van der Waals surface area contributed by atoms with Crippen LogP contribution in [0.4, 0.5) is 10.2 Å². The van der Waals surface area contributed by atoms with Crippen LogP contribution in [0.5, 0.6) is 0 Å². The van der Waals surface area contributed by atoms with Crippen molar-refractivity contribution >= 4 is 34.8 Å². The monoisotopic (exact) mass is 380 g/mol. The van der Waals surface area contributed by atoms with E-state index in [0.29, 0.717) is 17.3 Å². The maximum atomic E-state index is 14.6. The Balaban J connectivity index is 2.00. The predicted octanol–water partition coefficient (Wildman–Crippen LogP) is 3.87. The summed E-state index contributed by atoms with van der Waals surface area (Å²) in [6.07, 6.45) is 2.04. The van der Waals surface area contributed by atoms with Crippen LogP contribution in [0.25, 0.3) is 16.9 Å². The Hall–Kier alpha value is -1.99. The predicted molar refractivity (Wildman–Crippen MR) is 94.6 cm³/mol. The second-order valence-corrected chi connectivity index (χ2v) is 7.02. The van der Waals surface area contributed by atoms with E-state index in [2.05, 4.69) is 32.3 Å². The number of rotatable bonds is 2. The molecule has 0 unspecified atom stereocenters. The summed E-state index contributed by atoms with van der Waals surface area (Å²) >= 11 is 12.7. The van der Waals surface area contributed by atoms with E-state index < -0.39 is 5.82 Å². The minimum Gasteiger partial charge on any atom is -0.356 e. The Morgan fingerprint density at radius 1 is 1.16 bits per heavy atom. The third-order valence-electron chi connectivity index (χ3n) is 4.58. The number of nitrogens with zero attached hydrogens (tertiary/aromatic N) is 6. The van der Waals surface area contributed by atoms with Crippen molar-refractivity contribution in [3.05, 3.63) is 34.2 Å². The molecule has 0 radical (unpaired) electrons. The lowest BCUT2D eigenvalue weighted by Crippen LogP contribution is -2.35. The third-order valence-corrected chi connectivity index (χ3v) is 5.17. The SMILES string of the molecule is CC1CCN(c2c(-c3c(F)cccc3Cl)c(Cl)nc3nnnn23)CC1. The molecular formula is C16H15Cl2FN6. The largest absolute Gasteiger partial charge is 0.356 e. The number of halogens is 3. The Labute approximate surface area is 153 Å². The minimum absolute atomic E-state index is 0.128. The number of hydrogen-bond acceptors (Lipinski definition) is 5. The van der Waals surface area contributed by atoms with Crippen LogP contribution in [-0.4, -0.2) is 38.1 Å². The summed E-state index contributed by atoms with van der Waals surface area (Å²) in [5.74, 6) is 1.07. The number of piperidine rings is 1. The molecule has 0 spiro atoms. The van der Waals surface area contributed by atoms with E-state index >= 15 is 0 Å². The molecule has 1 aliphatic rings. The standard InChI is InChI=1S/C16H15Cl2FN6/c1-9-5-7-24(8-6-9)15-13(12-10(17)3-2-4-11(12)19)14(18)20-16-21-22-23-25(15)16/h2-4,9H,5-8H2,1H3. The molecule has 0 bridgehead atoms. The Bertz CT molecular complexity index is 916. The topological polar surface area (TPSA) is 59.2 Å². The van der Waals surface area contributed by atoms with Crippen molar-refractivity contribution in [1.29, 1.82) is 0 Å². The van der Waals surface area contributed by atoms with E-state index in [-0.39, 0.29) is 21.5 Å². The fraction of sp³-hybridized carbons (Fsp3) is 0.375. The zero-order valence-corrected chi connectivity index (χ0v) is 15.0. The maximum absolute atomic E-state index is 14.6. The molecule has 1 aromatic carbocycles. The highest BCUT2D eigenvalue weighted by molar-refractivity contribution is 6.36. The molecule has 1 saturated heterocycles. The van der Waals surface area contributed by atoms with Crippen LogP contribution in [0, 0.1) is 11.7 Å². The van der Waals surface area contributed by atoms with Crippen molar-refractivity contribution in [2.24, 2.45) is 5.92 Å².